The number of methoxy groups -OCH3 is 1. The maximum absolute atomic E-state index is 12.6. The maximum Gasteiger partial charge on any atom is 0.250 e. The van der Waals surface area contributed by atoms with Gasteiger partial charge in [0.2, 0.25) is 17.8 Å². The Morgan fingerprint density at radius 2 is 2.12 bits per heavy atom. The predicted octanol–water partition coefficient (Wildman–Crippen LogP) is 2.88. The van der Waals surface area contributed by atoms with E-state index < -0.39 is 6.04 Å². The van der Waals surface area contributed by atoms with Crippen LogP contribution in [0, 0.1) is 6.92 Å². The molecule has 2 N–H and O–H groups in total. The Morgan fingerprint density at radius 1 is 1.31 bits per heavy atom. The molecule has 132 valence electrons. The lowest BCUT2D eigenvalue weighted by Crippen LogP contribution is -2.23. The van der Waals surface area contributed by atoms with Gasteiger partial charge >= 0.3 is 0 Å². The fourth-order valence-corrected chi connectivity index (χ4v) is 3.24. The number of carbonyl (C=O) groups excluding carboxylic acids is 2. The molecule has 0 aliphatic carbocycles. The van der Waals surface area contributed by atoms with Crippen molar-refractivity contribution in [2.75, 3.05) is 17.7 Å². The Hall–Kier alpha value is -3.35. The van der Waals surface area contributed by atoms with Gasteiger partial charge in [-0.1, -0.05) is 18.2 Å². The largest absolute Gasteiger partial charge is 0.495 e. The topological polar surface area (TPSA) is 85.2 Å². The average Bonchev–Trinajstić information content (AvgIpc) is 3.11. The number of rotatable bonds is 4. The standard InChI is InChI=1S/C19H18N4O3/c1-11-7-8-16(26-2)13(9-11)20-17(24)10-15-18(25)22-19-21-12-5-3-4-6-14(12)23(15)19/h3-9,15H,10H2,1-2H3,(H,20,24)(H,21,22,25)/t15-/m0/s1. The fraction of sp³-hybridized carbons (Fsp3) is 0.211. The predicted molar refractivity (Wildman–Crippen MR) is 98.4 cm³/mol. The van der Waals surface area contributed by atoms with Crippen LogP contribution in [-0.4, -0.2) is 28.5 Å². The molecule has 3 aromatic rings. The highest BCUT2D eigenvalue weighted by atomic mass is 16.5. The number of nitrogens with zero attached hydrogens (tertiary/aromatic N) is 2. The number of amides is 2. The zero-order valence-electron chi connectivity index (χ0n) is 14.4. The van der Waals surface area contributed by atoms with Gasteiger partial charge in [-0.3, -0.25) is 19.5 Å². The second-order valence-corrected chi connectivity index (χ2v) is 6.26. The van der Waals surface area contributed by atoms with Gasteiger partial charge in [-0.2, -0.15) is 0 Å². The number of aromatic nitrogens is 2. The van der Waals surface area contributed by atoms with Crippen molar-refractivity contribution in [3.63, 3.8) is 0 Å². The van der Waals surface area contributed by atoms with E-state index in [1.165, 1.54) is 0 Å². The van der Waals surface area contributed by atoms with Crippen molar-refractivity contribution in [2.45, 2.75) is 19.4 Å². The molecule has 0 saturated carbocycles. The molecule has 26 heavy (non-hydrogen) atoms. The Kier molecular flexibility index (Phi) is 3.84. The summed E-state index contributed by atoms with van der Waals surface area (Å²) >= 11 is 0. The summed E-state index contributed by atoms with van der Waals surface area (Å²) in [5.74, 6) is 0.556. The highest BCUT2D eigenvalue weighted by Crippen LogP contribution is 2.33. The number of hydrogen-bond acceptors (Lipinski definition) is 4. The van der Waals surface area contributed by atoms with Crippen LogP contribution in [0.3, 0.4) is 0 Å². The molecule has 0 fully saturated rings. The molecule has 4 rings (SSSR count). The van der Waals surface area contributed by atoms with Crippen molar-refractivity contribution in [3.05, 3.63) is 48.0 Å². The van der Waals surface area contributed by atoms with Gasteiger partial charge in [0.25, 0.3) is 0 Å². The lowest BCUT2D eigenvalue weighted by molar-refractivity contribution is -0.123. The minimum Gasteiger partial charge on any atom is -0.495 e. The van der Waals surface area contributed by atoms with Crippen molar-refractivity contribution in [1.29, 1.82) is 0 Å². The summed E-state index contributed by atoms with van der Waals surface area (Å²) in [7, 11) is 1.55. The first kappa shape index (κ1) is 16.1. The quantitative estimate of drug-likeness (QED) is 0.758. The third-order valence-electron chi connectivity index (χ3n) is 4.45. The number of anilines is 2. The van der Waals surface area contributed by atoms with Crippen molar-refractivity contribution in [1.82, 2.24) is 9.55 Å². The molecule has 0 saturated heterocycles. The summed E-state index contributed by atoms with van der Waals surface area (Å²) in [6.07, 6.45) is 0.0102. The van der Waals surface area contributed by atoms with Crippen molar-refractivity contribution >= 4 is 34.5 Å². The van der Waals surface area contributed by atoms with Crippen molar-refractivity contribution < 1.29 is 14.3 Å². The zero-order chi connectivity index (χ0) is 18.3. The summed E-state index contributed by atoms with van der Waals surface area (Å²) in [6, 6.07) is 12.4. The molecule has 7 heteroatoms. The van der Waals surface area contributed by atoms with E-state index in [-0.39, 0.29) is 18.2 Å². The van der Waals surface area contributed by atoms with Gasteiger partial charge in [0.15, 0.2) is 0 Å². The molecule has 7 nitrogen and oxygen atoms in total. The Morgan fingerprint density at radius 3 is 2.92 bits per heavy atom. The van der Waals surface area contributed by atoms with Crippen LogP contribution in [0.25, 0.3) is 11.0 Å². The van der Waals surface area contributed by atoms with Crippen molar-refractivity contribution in [3.8, 4) is 5.75 Å². The van der Waals surface area contributed by atoms with Gasteiger partial charge in [0, 0.05) is 0 Å². The Balaban J connectivity index is 1.59. The summed E-state index contributed by atoms with van der Waals surface area (Å²) in [5.41, 5.74) is 3.20. The normalized spacial score (nSPS) is 15.6. The van der Waals surface area contributed by atoms with Crippen LogP contribution < -0.4 is 15.4 Å². The lowest BCUT2D eigenvalue weighted by atomic mass is 10.1. The van der Waals surface area contributed by atoms with Gasteiger partial charge in [0.1, 0.15) is 11.8 Å². The molecular formula is C19H18N4O3. The van der Waals surface area contributed by atoms with Crippen LogP contribution in [0.5, 0.6) is 5.75 Å². The second-order valence-electron chi connectivity index (χ2n) is 6.26. The van der Waals surface area contributed by atoms with Crippen LogP contribution in [0.15, 0.2) is 42.5 Å². The second kappa shape index (κ2) is 6.18. The fourth-order valence-electron chi connectivity index (χ4n) is 3.24. The van der Waals surface area contributed by atoms with Gasteiger partial charge in [-0.15, -0.1) is 0 Å². The van der Waals surface area contributed by atoms with Gasteiger partial charge in [0.05, 0.1) is 30.3 Å². The molecule has 0 bridgehead atoms. The summed E-state index contributed by atoms with van der Waals surface area (Å²) in [4.78, 5) is 29.3. The van der Waals surface area contributed by atoms with E-state index in [9.17, 15) is 9.59 Å². The summed E-state index contributed by atoms with van der Waals surface area (Å²) in [5, 5.41) is 5.59. The van der Waals surface area contributed by atoms with Crippen LogP contribution in [0.1, 0.15) is 18.0 Å². The molecule has 1 aromatic heterocycles. The van der Waals surface area contributed by atoms with E-state index in [4.69, 9.17) is 4.74 Å². The van der Waals surface area contributed by atoms with Crippen LogP contribution >= 0.6 is 0 Å². The highest BCUT2D eigenvalue weighted by Gasteiger charge is 2.34. The minimum absolute atomic E-state index is 0.0102. The zero-order valence-corrected chi connectivity index (χ0v) is 14.4. The molecule has 2 amide bonds. The van der Waals surface area contributed by atoms with E-state index >= 15 is 0 Å². The Bertz CT molecular complexity index is 1020. The molecule has 0 unspecified atom stereocenters. The number of imidazole rings is 1. The third-order valence-corrected chi connectivity index (χ3v) is 4.45. The molecule has 1 aliphatic rings. The SMILES string of the molecule is COc1ccc(C)cc1NC(=O)C[C@H]1C(=O)Nc2nc3ccccc3n21. The van der Waals surface area contributed by atoms with E-state index in [0.29, 0.717) is 17.4 Å². The number of ether oxygens (including phenoxy) is 1. The number of para-hydroxylation sites is 2. The van der Waals surface area contributed by atoms with Crippen LogP contribution in [0.4, 0.5) is 11.6 Å². The van der Waals surface area contributed by atoms with E-state index in [1.807, 2.05) is 43.3 Å². The number of carbonyl (C=O) groups is 2. The first-order chi connectivity index (χ1) is 12.6. The molecule has 2 heterocycles. The maximum atomic E-state index is 12.6. The van der Waals surface area contributed by atoms with Gasteiger partial charge in [-0.25, -0.2) is 4.98 Å². The summed E-state index contributed by atoms with van der Waals surface area (Å²) < 4.78 is 7.07. The van der Waals surface area contributed by atoms with Crippen LogP contribution in [0.2, 0.25) is 0 Å². The smallest absolute Gasteiger partial charge is 0.250 e. The lowest BCUT2D eigenvalue weighted by Gasteiger charge is -2.14. The number of nitrogens with one attached hydrogen (secondary N) is 2. The van der Waals surface area contributed by atoms with E-state index in [0.717, 1.165) is 16.6 Å². The van der Waals surface area contributed by atoms with E-state index in [2.05, 4.69) is 15.6 Å². The monoisotopic (exact) mass is 350 g/mol. The van der Waals surface area contributed by atoms with Gasteiger partial charge in [-0.05, 0) is 36.8 Å². The number of benzene rings is 2. The van der Waals surface area contributed by atoms with Crippen LogP contribution in [-0.2, 0) is 9.59 Å². The number of aryl methyl sites for hydroxylation is 1. The molecule has 1 atom stereocenters. The van der Waals surface area contributed by atoms with Gasteiger partial charge < -0.3 is 10.1 Å². The van der Waals surface area contributed by atoms with Crippen molar-refractivity contribution in [2.24, 2.45) is 0 Å². The Labute approximate surface area is 150 Å². The molecule has 2 aromatic carbocycles. The number of hydrogen-bond donors (Lipinski definition) is 2. The highest BCUT2D eigenvalue weighted by molar-refractivity contribution is 6.03. The first-order valence-electron chi connectivity index (χ1n) is 8.29. The first-order valence-corrected chi connectivity index (χ1v) is 8.29. The number of fused-ring (bicyclic) bond motifs is 3. The molecule has 1 aliphatic heterocycles. The third kappa shape index (κ3) is 2.67. The summed E-state index contributed by atoms with van der Waals surface area (Å²) in [6.45, 7) is 1.93. The average molecular weight is 350 g/mol. The van der Waals surface area contributed by atoms with E-state index in [1.54, 1.807) is 17.7 Å². The molecular weight excluding hydrogens is 332 g/mol. The molecule has 0 radical (unpaired) electrons. The molecule has 0 spiro atoms. The minimum atomic E-state index is -0.631.